The molecular weight excluding hydrogens is 414 g/mol. The Balaban J connectivity index is 1.72. The van der Waals surface area contributed by atoms with Crippen molar-refractivity contribution >= 4 is 27.7 Å². The maximum atomic E-state index is 12.5. The van der Waals surface area contributed by atoms with Crippen LogP contribution in [0.25, 0.3) is 6.08 Å². The van der Waals surface area contributed by atoms with Crippen LogP contribution < -0.4 is 5.32 Å². The van der Waals surface area contributed by atoms with Gasteiger partial charge in [0.2, 0.25) is 15.9 Å². The summed E-state index contributed by atoms with van der Waals surface area (Å²) in [6.07, 6.45) is 4.65. The van der Waals surface area contributed by atoms with E-state index in [4.69, 9.17) is 0 Å². The smallest absolute Gasteiger partial charge is 0.248 e. The van der Waals surface area contributed by atoms with Gasteiger partial charge in [0.25, 0.3) is 0 Å². The number of nitrogens with zero attached hydrogens (tertiary/aromatic N) is 4. The average Bonchev–Trinajstić information content (AvgIpc) is 3.17. The molecule has 0 aliphatic carbocycles. The average molecular weight is 440 g/mol. The van der Waals surface area contributed by atoms with Crippen LogP contribution in [0.5, 0.6) is 0 Å². The van der Waals surface area contributed by atoms with Crippen molar-refractivity contribution in [1.82, 2.24) is 19.3 Å². The molecule has 0 fully saturated rings. The highest BCUT2D eigenvalue weighted by molar-refractivity contribution is 7.89. The number of aromatic nitrogens is 3. The number of carbonyl (C=O) groups excluding carboxylic acids is 1. The molecule has 0 aliphatic rings. The van der Waals surface area contributed by atoms with Crippen molar-refractivity contribution in [1.29, 1.82) is 0 Å². The van der Waals surface area contributed by atoms with Gasteiger partial charge in [0, 0.05) is 25.9 Å². The Hall–Kier alpha value is -3.30. The van der Waals surface area contributed by atoms with Crippen LogP contribution in [0, 0.1) is 13.8 Å². The highest BCUT2D eigenvalue weighted by Gasteiger charge is 2.20. The summed E-state index contributed by atoms with van der Waals surface area (Å²) in [4.78, 5) is 12.6. The van der Waals surface area contributed by atoms with Gasteiger partial charge in [0.15, 0.2) is 0 Å². The van der Waals surface area contributed by atoms with Crippen molar-refractivity contribution in [2.24, 2.45) is 0 Å². The first-order valence-corrected chi connectivity index (χ1v) is 11.1. The summed E-state index contributed by atoms with van der Waals surface area (Å²) in [7, 11) is -0.672. The summed E-state index contributed by atoms with van der Waals surface area (Å²) in [5, 5.41) is 10.9. The van der Waals surface area contributed by atoms with Gasteiger partial charge in [-0.25, -0.2) is 17.4 Å². The lowest BCUT2D eigenvalue weighted by atomic mass is 10.1. The maximum absolute atomic E-state index is 12.5. The molecule has 2 aromatic carbocycles. The molecule has 31 heavy (non-hydrogen) atoms. The second kappa shape index (κ2) is 9.23. The van der Waals surface area contributed by atoms with Crippen LogP contribution in [0.3, 0.4) is 0 Å². The van der Waals surface area contributed by atoms with E-state index in [0.29, 0.717) is 17.9 Å². The molecule has 0 saturated carbocycles. The minimum Gasteiger partial charge on any atom is -0.322 e. The highest BCUT2D eigenvalue weighted by Crippen LogP contribution is 2.25. The Morgan fingerprint density at radius 1 is 1.16 bits per heavy atom. The van der Waals surface area contributed by atoms with Gasteiger partial charge in [-0.2, -0.15) is 0 Å². The SMILES string of the molecule is Cc1cc(S(=O)(=O)N(C)C)cc(NC(=O)/C=C/c2cn(Cc3ccccc3)nn2)c1C. The number of aryl methyl sites for hydroxylation is 1. The zero-order valence-electron chi connectivity index (χ0n) is 17.9. The third kappa shape index (κ3) is 5.44. The summed E-state index contributed by atoms with van der Waals surface area (Å²) in [6, 6.07) is 12.9. The zero-order chi connectivity index (χ0) is 22.6. The van der Waals surface area contributed by atoms with E-state index >= 15 is 0 Å². The first-order chi connectivity index (χ1) is 14.7. The first kappa shape index (κ1) is 22.4. The number of carbonyl (C=O) groups is 1. The van der Waals surface area contributed by atoms with Crippen LogP contribution in [0.4, 0.5) is 5.69 Å². The number of rotatable bonds is 7. The normalized spacial score (nSPS) is 11.9. The molecule has 3 aromatic rings. The Morgan fingerprint density at radius 2 is 1.87 bits per heavy atom. The molecule has 9 heteroatoms. The third-order valence-electron chi connectivity index (χ3n) is 4.83. The lowest BCUT2D eigenvalue weighted by molar-refractivity contribution is -0.111. The summed E-state index contributed by atoms with van der Waals surface area (Å²) in [5.41, 5.74) is 3.66. The van der Waals surface area contributed by atoms with E-state index < -0.39 is 10.0 Å². The molecule has 162 valence electrons. The molecular formula is C22H25N5O3S. The maximum Gasteiger partial charge on any atom is 0.248 e. The fourth-order valence-electron chi connectivity index (χ4n) is 2.89. The standard InChI is InChI=1S/C22H25N5O3S/c1-16-12-20(31(29,30)26(3)4)13-21(17(16)2)23-22(28)11-10-19-15-27(25-24-19)14-18-8-6-5-7-9-18/h5-13,15H,14H2,1-4H3,(H,23,28)/b11-10+. The van der Waals surface area contributed by atoms with Gasteiger partial charge in [-0.05, 0) is 48.7 Å². The van der Waals surface area contributed by atoms with Gasteiger partial charge in [-0.3, -0.25) is 4.79 Å². The first-order valence-electron chi connectivity index (χ1n) is 9.63. The van der Waals surface area contributed by atoms with E-state index in [-0.39, 0.29) is 10.8 Å². The van der Waals surface area contributed by atoms with Crippen LogP contribution in [0.15, 0.2) is 59.6 Å². The van der Waals surface area contributed by atoms with E-state index in [0.717, 1.165) is 21.0 Å². The highest BCUT2D eigenvalue weighted by atomic mass is 32.2. The molecule has 3 rings (SSSR count). The van der Waals surface area contributed by atoms with Crippen LogP contribution in [0.1, 0.15) is 22.4 Å². The predicted octanol–water partition coefficient (Wildman–Crippen LogP) is 2.85. The zero-order valence-corrected chi connectivity index (χ0v) is 18.7. The molecule has 1 aromatic heterocycles. The molecule has 1 heterocycles. The minimum atomic E-state index is -3.61. The number of anilines is 1. The van der Waals surface area contributed by atoms with Crippen LogP contribution in [-0.2, 0) is 21.4 Å². The number of amides is 1. The summed E-state index contributed by atoms with van der Waals surface area (Å²) < 4.78 is 27.7. The molecule has 0 radical (unpaired) electrons. The van der Waals surface area contributed by atoms with E-state index in [1.807, 2.05) is 37.3 Å². The number of hydrogen-bond donors (Lipinski definition) is 1. The second-order valence-corrected chi connectivity index (χ2v) is 9.50. The fourth-order valence-corrected chi connectivity index (χ4v) is 3.90. The van der Waals surface area contributed by atoms with Crippen molar-refractivity contribution in [3.63, 3.8) is 0 Å². The second-order valence-electron chi connectivity index (χ2n) is 7.35. The van der Waals surface area contributed by atoms with Crippen molar-refractivity contribution in [3.8, 4) is 0 Å². The fraction of sp³-hybridized carbons (Fsp3) is 0.227. The monoisotopic (exact) mass is 439 g/mol. The van der Waals surface area contributed by atoms with Crippen LogP contribution in [-0.4, -0.2) is 47.7 Å². The third-order valence-corrected chi connectivity index (χ3v) is 6.62. The molecule has 0 aliphatic heterocycles. The number of benzene rings is 2. The largest absolute Gasteiger partial charge is 0.322 e. The van der Waals surface area contributed by atoms with Crippen molar-refractivity contribution in [3.05, 3.63) is 77.1 Å². The van der Waals surface area contributed by atoms with Crippen molar-refractivity contribution < 1.29 is 13.2 Å². The van der Waals surface area contributed by atoms with E-state index in [9.17, 15) is 13.2 Å². The van der Waals surface area contributed by atoms with Crippen molar-refractivity contribution in [2.75, 3.05) is 19.4 Å². The minimum absolute atomic E-state index is 0.128. The van der Waals surface area contributed by atoms with E-state index in [1.165, 1.54) is 26.2 Å². The Bertz CT molecular complexity index is 1220. The van der Waals surface area contributed by atoms with Gasteiger partial charge < -0.3 is 5.32 Å². The molecule has 8 nitrogen and oxygen atoms in total. The topological polar surface area (TPSA) is 97.2 Å². The molecule has 0 bridgehead atoms. The number of nitrogens with one attached hydrogen (secondary N) is 1. The van der Waals surface area contributed by atoms with Gasteiger partial charge in [0.1, 0.15) is 5.69 Å². The van der Waals surface area contributed by atoms with Gasteiger partial charge >= 0.3 is 0 Å². The van der Waals surface area contributed by atoms with E-state index in [2.05, 4.69) is 15.6 Å². The van der Waals surface area contributed by atoms with E-state index in [1.54, 1.807) is 29.9 Å². The predicted molar refractivity (Wildman–Crippen MR) is 120 cm³/mol. The summed E-state index contributed by atoms with van der Waals surface area (Å²) in [6.45, 7) is 4.22. The Labute approximate surface area is 182 Å². The van der Waals surface area contributed by atoms with Gasteiger partial charge in [0.05, 0.1) is 17.6 Å². The Kier molecular flexibility index (Phi) is 6.67. The van der Waals surface area contributed by atoms with Gasteiger partial charge in [-0.15, -0.1) is 5.10 Å². The molecule has 0 spiro atoms. The molecule has 1 amide bonds. The summed E-state index contributed by atoms with van der Waals surface area (Å²) >= 11 is 0. The molecule has 0 atom stereocenters. The van der Waals surface area contributed by atoms with Crippen molar-refractivity contribution in [2.45, 2.75) is 25.3 Å². The molecule has 1 N–H and O–H groups in total. The van der Waals surface area contributed by atoms with Crippen LogP contribution in [0.2, 0.25) is 0 Å². The summed E-state index contributed by atoms with van der Waals surface area (Å²) in [5.74, 6) is -0.389. The number of hydrogen-bond acceptors (Lipinski definition) is 5. The molecule has 0 saturated heterocycles. The Morgan fingerprint density at radius 3 is 2.55 bits per heavy atom. The van der Waals surface area contributed by atoms with Gasteiger partial charge in [-0.1, -0.05) is 35.5 Å². The molecule has 0 unspecified atom stereocenters. The quantitative estimate of drug-likeness (QED) is 0.571. The van der Waals surface area contributed by atoms with Crippen LogP contribution >= 0.6 is 0 Å². The lowest BCUT2D eigenvalue weighted by Crippen LogP contribution is -2.22. The lowest BCUT2D eigenvalue weighted by Gasteiger charge is -2.16. The number of sulfonamides is 1.